The van der Waals surface area contributed by atoms with Crippen molar-refractivity contribution < 1.29 is 4.74 Å². The molecular formula is C15H23Br2NO. The highest BCUT2D eigenvalue weighted by molar-refractivity contribution is 9.11. The molecule has 0 heterocycles. The summed E-state index contributed by atoms with van der Waals surface area (Å²) in [5, 5.41) is 3.53. The largest absolute Gasteiger partial charge is 0.492 e. The summed E-state index contributed by atoms with van der Waals surface area (Å²) in [5.41, 5.74) is 1.26. The smallest absolute Gasteiger partial charge is 0.147 e. The van der Waals surface area contributed by atoms with Crippen molar-refractivity contribution in [3.05, 3.63) is 26.6 Å². The van der Waals surface area contributed by atoms with Crippen LogP contribution in [0.4, 0.5) is 0 Å². The minimum absolute atomic E-state index is 0.670. The van der Waals surface area contributed by atoms with E-state index in [1.807, 2.05) is 6.92 Å². The molecule has 0 fully saturated rings. The van der Waals surface area contributed by atoms with Crippen LogP contribution in [0.1, 0.15) is 39.2 Å². The van der Waals surface area contributed by atoms with E-state index in [4.69, 9.17) is 4.74 Å². The molecule has 0 aliphatic heterocycles. The maximum atomic E-state index is 5.59. The van der Waals surface area contributed by atoms with Gasteiger partial charge in [0.2, 0.25) is 0 Å². The topological polar surface area (TPSA) is 21.3 Å². The quantitative estimate of drug-likeness (QED) is 0.661. The molecular weight excluding hydrogens is 370 g/mol. The molecule has 4 heteroatoms. The van der Waals surface area contributed by atoms with Gasteiger partial charge in [0, 0.05) is 6.54 Å². The summed E-state index contributed by atoms with van der Waals surface area (Å²) in [6.07, 6.45) is 2.47. The van der Waals surface area contributed by atoms with E-state index in [2.05, 4.69) is 63.2 Å². The molecule has 0 aliphatic carbocycles. The number of hydrogen-bond donors (Lipinski definition) is 1. The number of rotatable bonds is 8. The molecule has 2 nitrogen and oxygen atoms in total. The number of benzene rings is 1. The average molecular weight is 393 g/mol. The van der Waals surface area contributed by atoms with Crippen molar-refractivity contribution in [1.29, 1.82) is 0 Å². The lowest BCUT2D eigenvalue weighted by atomic mass is 10.0. The van der Waals surface area contributed by atoms with Crippen molar-refractivity contribution in [2.24, 2.45) is 5.92 Å². The van der Waals surface area contributed by atoms with E-state index in [1.165, 1.54) is 18.4 Å². The Morgan fingerprint density at radius 2 is 1.68 bits per heavy atom. The minimum Gasteiger partial charge on any atom is -0.492 e. The molecule has 19 heavy (non-hydrogen) atoms. The standard InChI is InChI=1S/C15H23Br2NO/c1-4-11(5-2)9-18-10-12-7-13(16)15(19-6-3)14(17)8-12/h7-8,11,18H,4-6,9-10H2,1-3H3. The maximum Gasteiger partial charge on any atom is 0.147 e. The number of nitrogens with one attached hydrogen (secondary N) is 1. The van der Waals surface area contributed by atoms with Gasteiger partial charge in [-0.15, -0.1) is 0 Å². The van der Waals surface area contributed by atoms with E-state index in [1.54, 1.807) is 0 Å². The Kier molecular flexibility index (Phi) is 8.03. The maximum absolute atomic E-state index is 5.59. The molecule has 0 atom stereocenters. The summed E-state index contributed by atoms with van der Waals surface area (Å²) in [5.74, 6) is 1.65. The fourth-order valence-electron chi connectivity index (χ4n) is 1.99. The summed E-state index contributed by atoms with van der Waals surface area (Å²) in [6, 6.07) is 4.24. The van der Waals surface area contributed by atoms with Crippen molar-refractivity contribution in [2.45, 2.75) is 40.2 Å². The van der Waals surface area contributed by atoms with E-state index in [0.29, 0.717) is 6.61 Å². The van der Waals surface area contributed by atoms with Crippen LogP contribution in [0.25, 0.3) is 0 Å². The van der Waals surface area contributed by atoms with Crippen molar-refractivity contribution in [1.82, 2.24) is 5.32 Å². The predicted molar refractivity (Wildman–Crippen MR) is 88.8 cm³/mol. The summed E-state index contributed by atoms with van der Waals surface area (Å²) in [6.45, 7) is 9.13. The van der Waals surface area contributed by atoms with E-state index in [9.17, 15) is 0 Å². The zero-order chi connectivity index (χ0) is 14.3. The molecule has 0 radical (unpaired) electrons. The molecule has 108 valence electrons. The van der Waals surface area contributed by atoms with Gasteiger partial charge in [-0.05, 0) is 68.9 Å². The van der Waals surface area contributed by atoms with Gasteiger partial charge in [-0.3, -0.25) is 0 Å². The second-order valence-electron chi connectivity index (χ2n) is 4.64. The highest BCUT2D eigenvalue weighted by Crippen LogP contribution is 2.34. The fourth-order valence-corrected chi connectivity index (χ4v) is 3.50. The Labute approximate surface area is 133 Å². The normalized spacial score (nSPS) is 11.1. The third-order valence-electron chi connectivity index (χ3n) is 3.26. The molecule has 0 saturated carbocycles. The van der Waals surface area contributed by atoms with Crippen LogP contribution < -0.4 is 10.1 Å². The van der Waals surface area contributed by atoms with Gasteiger partial charge < -0.3 is 10.1 Å². The third kappa shape index (κ3) is 5.44. The molecule has 1 aromatic rings. The fraction of sp³-hybridized carbons (Fsp3) is 0.600. The first-order valence-electron chi connectivity index (χ1n) is 6.93. The zero-order valence-electron chi connectivity index (χ0n) is 11.9. The van der Waals surface area contributed by atoms with Gasteiger partial charge in [0.25, 0.3) is 0 Å². The Bertz CT molecular complexity index is 369. The Hall–Kier alpha value is -0.0600. The Balaban J connectivity index is 2.60. The van der Waals surface area contributed by atoms with Crippen molar-refractivity contribution >= 4 is 31.9 Å². The van der Waals surface area contributed by atoms with Crippen molar-refractivity contribution in [3.8, 4) is 5.75 Å². The first-order chi connectivity index (χ1) is 9.12. The van der Waals surface area contributed by atoms with Gasteiger partial charge in [-0.2, -0.15) is 0 Å². The molecule has 0 spiro atoms. The highest BCUT2D eigenvalue weighted by Gasteiger charge is 2.09. The summed E-state index contributed by atoms with van der Waals surface area (Å²) in [7, 11) is 0. The number of ether oxygens (including phenoxy) is 1. The lowest BCUT2D eigenvalue weighted by Crippen LogP contribution is -2.21. The molecule has 0 aliphatic rings. The number of halogens is 2. The van der Waals surface area contributed by atoms with Crippen LogP contribution in [0.15, 0.2) is 21.1 Å². The van der Waals surface area contributed by atoms with Crippen LogP contribution in [0, 0.1) is 5.92 Å². The van der Waals surface area contributed by atoms with Crippen LogP contribution in [0.2, 0.25) is 0 Å². The van der Waals surface area contributed by atoms with Gasteiger partial charge in [0.15, 0.2) is 0 Å². The Morgan fingerprint density at radius 1 is 1.11 bits per heavy atom. The second kappa shape index (κ2) is 8.98. The molecule has 0 amide bonds. The van der Waals surface area contributed by atoms with Gasteiger partial charge in [-0.1, -0.05) is 26.7 Å². The first kappa shape index (κ1) is 17.0. The molecule has 0 bridgehead atoms. The van der Waals surface area contributed by atoms with E-state index in [0.717, 1.165) is 33.7 Å². The molecule has 0 aromatic heterocycles. The molecule has 0 saturated heterocycles. The predicted octanol–water partition coefficient (Wildman–Crippen LogP) is 5.14. The highest BCUT2D eigenvalue weighted by atomic mass is 79.9. The molecule has 1 N–H and O–H groups in total. The van der Waals surface area contributed by atoms with E-state index < -0.39 is 0 Å². The summed E-state index contributed by atoms with van der Waals surface area (Å²) in [4.78, 5) is 0. The SMILES string of the molecule is CCOc1c(Br)cc(CNCC(CC)CC)cc1Br. The monoisotopic (exact) mass is 391 g/mol. The average Bonchev–Trinajstić information content (AvgIpc) is 2.39. The van der Waals surface area contributed by atoms with E-state index >= 15 is 0 Å². The van der Waals surface area contributed by atoms with Gasteiger partial charge in [-0.25, -0.2) is 0 Å². The van der Waals surface area contributed by atoms with E-state index in [-0.39, 0.29) is 0 Å². The van der Waals surface area contributed by atoms with Gasteiger partial charge in [0.1, 0.15) is 5.75 Å². The zero-order valence-corrected chi connectivity index (χ0v) is 15.1. The Morgan fingerprint density at radius 3 is 2.16 bits per heavy atom. The first-order valence-corrected chi connectivity index (χ1v) is 8.52. The number of hydrogen-bond acceptors (Lipinski definition) is 2. The third-order valence-corrected chi connectivity index (χ3v) is 4.44. The summed E-state index contributed by atoms with van der Waals surface area (Å²) >= 11 is 7.13. The molecule has 1 rings (SSSR count). The van der Waals surface area contributed by atoms with Crippen molar-refractivity contribution in [3.63, 3.8) is 0 Å². The lowest BCUT2D eigenvalue weighted by molar-refractivity contribution is 0.336. The van der Waals surface area contributed by atoms with Crippen LogP contribution in [-0.4, -0.2) is 13.2 Å². The molecule has 0 unspecified atom stereocenters. The van der Waals surface area contributed by atoms with Crippen molar-refractivity contribution in [2.75, 3.05) is 13.2 Å². The van der Waals surface area contributed by atoms with Crippen LogP contribution in [0.5, 0.6) is 5.75 Å². The lowest BCUT2D eigenvalue weighted by Gasteiger charge is -2.14. The minimum atomic E-state index is 0.670. The van der Waals surface area contributed by atoms with Crippen LogP contribution >= 0.6 is 31.9 Å². The van der Waals surface area contributed by atoms with Gasteiger partial charge >= 0.3 is 0 Å². The summed E-state index contributed by atoms with van der Waals surface area (Å²) < 4.78 is 7.59. The molecule has 1 aromatic carbocycles. The van der Waals surface area contributed by atoms with Gasteiger partial charge in [0.05, 0.1) is 15.6 Å². The van der Waals surface area contributed by atoms with Crippen LogP contribution in [0.3, 0.4) is 0 Å². The second-order valence-corrected chi connectivity index (χ2v) is 6.34. The van der Waals surface area contributed by atoms with Crippen LogP contribution in [-0.2, 0) is 6.54 Å².